The zero-order chi connectivity index (χ0) is 15.2. The van der Waals surface area contributed by atoms with Crippen LogP contribution in [0.5, 0.6) is 5.75 Å². The Bertz CT molecular complexity index is 772. The predicted molar refractivity (Wildman–Crippen MR) is 85.2 cm³/mol. The van der Waals surface area contributed by atoms with Crippen LogP contribution in [0.2, 0.25) is 0 Å². The predicted octanol–water partition coefficient (Wildman–Crippen LogP) is 4.20. The molecule has 22 heavy (non-hydrogen) atoms. The van der Waals surface area contributed by atoms with Crippen molar-refractivity contribution in [2.45, 2.75) is 6.61 Å². The molecule has 0 spiro atoms. The summed E-state index contributed by atoms with van der Waals surface area (Å²) in [6, 6.07) is 23.9. The Morgan fingerprint density at radius 2 is 1.59 bits per heavy atom. The Morgan fingerprint density at radius 3 is 2.23 bits per heavy atom. The molecule has 0 unspecified atom stereocenters. The Balaban J connectivity index is 1.65. The third-order valence-corrected chi connectivity index (χ3v) is 3.32. The zero-order valence-corrected chi connectivity index (χ0v) is 11.9. The van der Waals surface area contributed by atoms with Crippen molar-refractivity contribution < 1.29 is 4.74 Å². The van der Waals surface area contributed by atoms with Crippen molar-refractivity contribution in [2.75, 3.05) is 0 Å². The molecular weight excluding hydrogens is 272 g/mol. The molecule has 2 aromatic carbocycles. The number of ether oxygens (including phenoxy) is 1. The van der Waals surface area contributed by atoms with Gasteiger partial charge in [-0.2, -0.15) is 5.26 Å². The van der Waals surface area contributed by atoms with Gasteiger partial charge in [-0.25, -0.2) is 4.98 Å². The number of pyridine rings is 1. The quantitative estimate of drug-likeness (QED) is 0.722. The first-order valence-corrected chi connectivity index (χ1v) is 6.98. The van der Waals surface area contributed by atoms with E-state index in [0.29, 0.717) is 18.1 Å². The highest BCUT2D eigenvalue weighted by Gasteiger charge is 2.00. The van der Waals surface area contributed by atoms with Crippen LogP contribution in [0, 0.1) is 11.3 Å². The molecule has 0 aliphatic heterocycles. The molecule has 0 atom stereocenters. The van der Waals surface area contributed by atoms with Gasteiger partial charge < -0.3 is 4.74 Å². The SMILES string of the molecule is N#Cc1ccc(OCc2ccc(-c3ccccc3)cc2)cn1. The average Bonchev–Trinajstić information content (AvgIpc) is 2.61. The first kappa shape index (κ1) is 13.8. The molecule has 0 fully saturated rings. The first-order chi connectivity index (χ1) is 10.8. The van der Waals surface area contributed by atoms with Gasteiger partial charge in [-0.1, -0.05) is 54.6 Å². The highest BCUT2D eigenvalue weighted by atomic mass is 16.5. The number of benzene rings is 2. The summed E-state index contributed by atoms with van der Waals surface area (Å²) in [5.41, 5.74) is 3.86. The Hall–Kier alpha value is -3.12. The van der Waals surface area contributed by atoms with E-state index in [1.54, 1.807) is 18.3 Å². The lowest BCUT2D eigenvalue weighted by Crippen LogP contribution is -1.96. The number of nitrogens with zero attached hydrogens (tertiary/aromatic N) is 2. The van der Waals surface area contributed by atoms with Crippen molar-refractivity contribution in [1.82, 2.24) is 4.98 Å². The molecule has 3 heteroatoms. The molecule has 0 aliphatic rings. The second-order valence-corrected chi connectivity index (χ2v) is 4.84. The first-order valence-electron chi connectivity index (χ1n) is 6.98. The van der Waals surface area contributed by atoms with Gasteiger partial charge in [-0.3, -0.25) is 0 Å². The van der Waals surface area contributed by atoms with Gasteiger partial charge in [0.2, 0.25) is 0 Å². The van der Waals surface area contributed by atoms with Gasteiger partial charge in [0.1, 0.15) is 24.1 Å². The number of hydrogen-bond donors (Lipinski definition) is 0. The number of rotatable bonds is 4. The summed E-state index contributed by atoms with van der Waals surface area (Å²) in [5.74, 6) is 0.658. The molecule has 0 radical (unpaired) electrons. The van der Waals surface area contributed by atoms with Crippen LogP contribution in [0.25, 0.3) is 11.1 Å². The minimum absolute atomic E-state index is 0.388. The minimum Gasteiger partial charge on any atom is -0.487 e. The molecule has 3 nitrogen and oxygen atoms in total. The van der Waals surface area contributed by atoms with E-state index in [1.165, 1.54) is 11.1 Å². The zero-order valence-electron chi connectivity index (χ0n) is 11.9. The molecule has 0 aliphatic carbocycles. The van der Waals surface area contributed by atoms with Crippen molar-refractivity contribution >= 4 is 0 Å². The summed E-state index contributed by atoms with van der Waals surface area (Å²) in [6.07, 6.45) is 1.57. The van der Waals surface area contributed by atoms with Gasteiger partial charge >= 0.3 is 0 Å². The van der Waals surface area contributed by atoms with E-state index in [2.05, 4.69) is 41.4 Å². The lowest BCUT2D eigenvalue weighted by atomic mass is 10.0. The molecule has 0 saturated carbocycles. The fraction of sp³-hybridized carbons (Fsp3) is 0.0526. The van der Waals surface area contributed by atoms with Crippen LogP contribution in [0.1, 0.15) is 11.3 Å². The summed E-state index contributed by atoms with van der Waals surface area (Å²) >= 11 is 0. The van der Waals surface area contributed by atoms with E-state index in [4.69, 9.17) is 10.00 Å². The summed E-state index contributed by atoms with van der Waals surface area (Å²) in [6.45, 7) is 0.475. The molecule has 1 aromatic heterocycles. The van der Waals surface area contributed by atoms with E-state index in [1.807, 2.05) is 24.3 Å². The molecule has 1 heterocycles. The smallest absolute Gasteiger partial charge is 0.140 e. The molecule has 0 amide bonds. The number of aromatic nitrogens is 1. The summed E-state index contributed by atoms with van der Waals surface area (Å²) in [7, 11) is 0. The van der Waals surface area contributed by atoms with Gasteiger partial charge in [0.25, 0.3) is 0 Å². The molecule has 106 valence electrons. The number of nitriles is 1. The maximum atomic E-state index is 8.70. The third kappa shape index (κ3) is 3.31. The Labute approximate surface area is 129 Å². The highest BCUT2D eigenvalue weighted by Crippen LogP contribution is 2.20. The van der Waals surface area contributed by atoms with Gasteiger partial charge in [-0.05, 0) is 28.8 Å². The van der Waals surface area contributed by atoms with Crippen LogP contribution in [-0.2, 0) is 6.61 Å². The molecule has 3 aromatic rings. The average molecular weight is 286 g/mol. The van der Waals surface area contributed by atoms with Gasteiger partial charge in [0.05, 0.1) is 6.20 Å². The van der Waals surface area contributed by atoms with Crippen molar-refractivity contribution in [2.24, 2.45) is 0 Å². The van der Waals surface area contributed by atoms with E-state index >= 15 is 0 Å². The maximum Gasteiger partial charge on any atom is 0.140 e. The summed E-state index contributed by atoms with van der Waals surface area (Å²) < 4.78 is 5.67. The monoisotopic (exact) mass is 286 g/mol. The van der Waals surface area contributed by atoms with E-state index in [-0.39, 0.29) is 0 Å². The molecule has 3 rings (SSSR count). The standard InChI is InChI=1S/C19H14N2O/c20-12-18-10-11-19(13-21-18)22-14-15-6-8-17(9-7-15)16-4-2-1-3-5-16/h1-11,13H,14H2. The largest absolute Gasteiger partial charge is 0.487 e. The third-order valence-electron chi connectivity index (χ3n) is 3.32. The van der Waals surface area contributed by atoms with Crippen LogP contribution in [0.15, 0.2) is 72.9 Å². The van der Waals surface area contributed by atoms with Crippen molar-refractivity contribution in [3.05, 3.63) is 84.2 Å². The second-order valence-electron chi connectivity index (χ2n) is 4.84. The van der Waals surface area contributed by atoms with Crippen LogP contribution < -0.4 is 4.74 Å². The van der Waals surface area contributed by atoms with Gasteiger partial charge in [0.15, 0.2) is 0 Å². The van der Waals surface area contributed by atoms with Crippen LogP contribution in [0.4, 0.5) is 0 Å². The van der Waals surface area contributed by atoms with Crippen LogP contribution >= 0.6 is 0 Å². The van der Waals surface area contributed by atoms with E-state index in [9.17, 15) is 0 Å². The normalized spacial score (nSPS) is 9.95. The number of hydrogen-bond acceptors (Lipinski definition) is 3. The van der Waals surface area contributed by atoms with Crippen molar-refractivity contribution in [3.8, 4) is 22.9 Å². The van der Waals surface area contributed by atoms with Crippen LogP contribution in [0.3, 0.4) is 0 Å². The fourth-order valence-electron chi connectivity index (χ4n) is 2.12. The molecular formula is C19H14N2O. The van der Waals surface area contributed by atoms with Crippen molar-refractivity contribution in [3.63, 3.8) is 0 Å². The lowest BCUT2D eigenvalue weighted by Gasteiger charge is -2.07. The van der Waals surface area contributed by atoms with Crippen molar-refractivity contribution in [1.29, 1.82) is 5.26 Å². The summed E-state index contributed by atoms with van der Waals surface area (Å²) in [5, 5.41) is 8.70. The van der Waals surface area contributed by atoms with Gasteiger partial charge in [0, 0.05) is 0 Å². The Morgan fingerprint density at radius 1 is 0.864 bits per heavy atom. The minimum atomic E-state index is 0.388. The summed E-state index contributed by atoms with van der Waals surface area (Å²) in [4.78, 5) is 3.98. The van der Waals surface area contributed by atoms with E-state index in [0.717, 1.165) is 5.56 Å². The van der Waals surface area contributed by atoms with Gasteiger partial charge in [-0.15, -0.1) is 0 Å². The molecule has 0 bridgehead atoms. The fourth-order valence-corrected chi connectivity index (χ4v) is 2.12. The Kier molecular flexibility index (Phi) is 4.12. The van der Waals surface area contributed by atoms with E-state index < -0.39 is 0 Å². The highest BCUT2D eigenvalue weighted by molar-refractivity contribution is 5.63. The lowest BCUT2D eigenvalue weighted by molar-refractivity contribution is 0.305. The second kappa shape index (κ2) is 6.55. The maximum absolute atomic E-state index is 8.70. The topological polar surface area (TPSA) is 45.9 Å². The molecule has 0 saturated heterocycles. The van der Waals surface area contributed by atoms with Crippen LogP contribution in [-0.4, -0.2) is 4.98 Å². The molecule has 0 N–H and O–H groups in total.